The summed E-state index contributed by atoms with van der Waals surface area (Å²) in [6.45, 7) is 1.93. The molecule has 0 saturated carbocycles. The van der Waals surface area contributed by atoms with E-state index < -0.39 is 34.6 Å². The van der Waals surface area contributed by atoms with E-state index in [9.17, 15) is 19.2 Å². The molecular weight excluding hydrogens is 825 g/mol. The zero-order valence-electron chi connectivity index (χ0n) is 35.6. The highest BCUT2D eigenvalue weighted by atomic mass is 32.2. The molecule has 0 N–H and O–H groups in total. The van der Waals surface area contributed by atoms with Crippen LogP contribution < -0.4 is 19.3 Å². The Morgan fingerprint density at radius 1 is 0.532 bits per heavy atom. The first-order valence-corrected chi connectivity index (χ1v) is 21.9. The average molecular weight is 875 g/mol. The van der Waals surface area contributed by atoms with Gasteiger partial charge in [-0.25, -0.2) is 9.59 Å². The minimum absolute atomic E-state index is 0.136. The molecule has 0 aliphatic carbocycles. The summed E-state index contributed by atoms with van der Waals surface area (Å²) in [6, 6.07) is 36.0. The normalized spacial score (nSPS) is 18.7. The molecule has 12 nitrogen and oxygen atoms in total. The molecule has 62 heavy (non-hydrogen) atoms. The van der Waals surface area contributed by atoms with Crippen LogP contribution in [0.3, 0.4) is 0 Å². The van der Waals surface area contributed by atoms with Crippen molar-refractivity contribution in [2.24, 2.45) is 0 Å². The van der Waals surface area contributed by atoms with Crippen LogP contribution in [0.15, 0.2) is 131 Å². The Kier molecular flexibility index (Phi) is 14.2. The Morgan fingerprint density at radius 2 is 0.887 bits per heavy atom. The topological polar surface area (TPSA) is 118 Å². The van der Waals surface area contributed by atoms with Crippen LogP contribution in [0.2, 0.25) is 0 Å². The van der Waals surface area contributed by atoms with Crippen molar-refractivity contribution < 1.29 is 38.1 Å². The Hall–Kier alpha value is -5.80. The van der Waals surface area contributed by atoms with Crippen LogP contribution in [0.25, 0.3) is 0 Å². The molecule has 0 spiro atoms. The number of hydrogen-bond donors (Lipinski definition) is 0. The lowest BCUT2D eigenvalue weighted by molar-refractivity contribution is -0.127. The molecule has 0 aromatic heterocycles. The number of amides is 2. The molecule has 0 saturated heterocycles. The first-order valence-electron chi connectivity index (χ1n) is 20.2. The lowest BCUT2D eigenvalue weighted by atomic mass is 10.0. The maximum absolute atomic E-state index is 14.6. The van der Waals surface area contributed by atoms with Gasteiger partial charge in [-0.05, 0) is 112 Å². The Morgan fingerprint density at radius 3 is 1.23 bits per heavy atom. The third-order valence-electron chi connectivity index (χ3n) is 10.6. The van der Waals surface area contributed by atoms with E-state index in [-0.39, 0.29) is 22.9 Å². The zero-order chi connectivity index (χ0) is 43.9. The predicted octanol–water partition coefficient (Wildman–Crippen LogP) is 7.64. The molecule has 5 aromatic rings. The number of para-hydroxylation sites is 2. The molecule has 322 valence electrons. The van der Waals surface area contributed by atoms with Crippen molar-refractivity contribution in [2.75, 3.05) is 78.4 Å². The highest BCUT2D eigenvalue weighted by Crippen LogP contribution is 2.48. The van der Waals surface area contributed by atoms with E-state index in [1.54, 1.807) is 24.0 Å². The van der Waals surface area contributed by atoms with E-state index in [0.717, 1.165) is 32.3 Å². The number of likely N-dealkylation sites (N-methyl/N-ethyl adjacent to an activating group) is 2. The number of nitrogens with zero attached hydrogens (tertiary/aromatic N) is 4. The van der Waals surface area contributed by atoms with Crippen molar-refractivity contribution in [1.29, 1.82) is 0 Å². The summed E-state index contributed by atoms with van der Waals surface area (Å²) in [6.07, 6.45) is -2.40. The maximum Gasteiger partial charge on any atom is 0.338 e. The first kappa shape index (κ1) is 44.3. The third kappa shape index (κ3) is 9.94. The molecule has 2 aliphatic heterocycles. The number of methoxy groups -OCH3 is 2. The smallest absolute Gasteiger partial charge is 0.338 e. The quantitative estimate of drug-likeness (QED) is 0.102. The van der Waals surface area contributed by atoms with Crippen LogP contribution in [0, 0.1) is 0 Å². The van der Waals surface area contributed by atoms with Crippen molar-refractivity contribution in [2.45, 2.75) is 32.5 Å². The predicted molar refractivity (Wildman–Crippen MR) is 243 cm³/mol. The Balaban J connectivity index is 1.16. The van der Waals surface area contributed by atoms with E-state index in [2.05, 4.69) is 0 Å². The van der Waals surface area contributed by atoms with Gasteiger partial charge in [0.15, 0.2) is 12.2 Å². The molecule has 0 radical (unpaired) electrons. The summed E-state index contributed by atoms with van der Waals surface area (Å²) in [5.74, 6) is -0.848. The first-order chi connectivity index (χ1) is 29.9. The van der Waals surface area contributed by atoms with Gasteiger partial charge < -0.3 is 38.5 Å². The monoisotopic (exact) mass is 874 g/mol. The third-order valence-corrected chi connectivity index (χ3v) is 13.4. The summed E-state index contributed by atoms with van der Waals surface area (Å²) < 4.78 is 23.2. The number of esters is 2. The SMILES string of the molecule is COc1ccc([C@@H]2Sc3ccccc3N(CCN(C)C)C(=O)[C@@H]2OC(=O)c2ccc(C(=O)O[C@H]3C(=O)N(CCN(C)C)c4ccccc4S[C@H]3c3ccc(OC)cc3)cc2)cc1. The summed E-state index contributed by atoms with van der Waals surface area (Å²) in [7, 11) is 10.9. The van der Waals surface area contributed by atoms with Crippen molar-refractivity contribution in [3.05, 3.63) is 144 Å². The van der Waals surface area contributed by atoms with Gasteiger partial charge in [-0.15, -0.1) is 23.5 Å². The van der Waals surface area contributed by atoms with E-state index >= 15 is 0 Å². The number of rotatable bonds is 14. The molecule has 2 heterocycles. The standard InChI is InChI=1S/C48H50N4O8S2/c1-49(2)27-29-51-37-11-7-9-13-39(37)61-43(31-19-23-35(57-5)24-20-31)41(45(51)53)59-47(55)33-15-17-34(18-16-33)48(56)60-42-44(32-21-25-36(58-6)26-22-32)62-40-14-10-8-12-38(40)52(46(42)54)30-28-50(3)4/h7-26,41-44H,27-30H2,1-6H3/t41-,42-,43+,44+/m1/s1. The average Bonchev–Trinajstić information content (AvgIpc) is 3.48. The van der Waals surface area contributed by atoms with Gasteiger partial charge in [0.25, 0.3) is 11.8 Å². The van der Waals surface area contributed by atoms with Crippen LogP contribution in [0.1, 0.15) is 42.3 Å². The fraction of sp³-hybridized carbons (Fsp3) is 0.292. The maximum atomic E-state index is 14.6. The number of thioether (sulfide) groups is 2. The fourth-order valence-corrected chi connectivity index (χ4v) is 9.87. The second-order valence-electron chi connectivity index (χ2n) is 15.4. The van der Waals surface area contributed by atoms with Crippen LogP contribution in [-0.2, 0) is 19.1 Å². The van der Waals surface area contributed by atoms with Crippen LogP contribution in [0.5, 0.6) is 11.5 Å². The van der Waals surface area contributed by atoms with Crippen LogP contribution in [0.4, 0.5) is 11.4 Å². The second kappa shape index (κ2) is 19.9. The summed E-state index contributed by atoms with van der Waals surface area (Å²) in [5.41, 5.74) is 3.33. The van der Waals surface area contributed by atoms with Crippen molar-refractivity contribution >= 4 is 58.7 Å². The number of ether oxygens (including phenoxy) is 4. The highest BCUT2D eigenvalue weighted by Gasteiger charge is 2.43. The number of carbonyl (C=O) groups is 4. The molecule has 14 heteroatoms. The number of anilines is 2. The molecule has 5 aromatic carbocycles. The lowest BCUT2D eigenvalue weighted by Gasteiger charge is -2.29. The molecule has 0 bridgehead atoms. The van der Waals surface area contributed by atoms with Gasteiger partial charge in [0.05, 0.1) is 47.2 Å². The van der Waals surface area contributed by atoms with Crippen LogP contribution in [-0.4, -0.2) is 114 Å². The van der Waals surface area contributed by atoms with Gasteiger partial charge in [0, 0.05) is 36.0 Å². The van der Waals surface area contributed by atoms with Crippen LogP contribution >= 0.6 is 23.5 Å². The summed E-state index contributed by atoms with van der Waals surface area (Å²) in [4.78, 5) is 66.4. The number of hydrogen-bond acceptors (Lipinski definition) is 12. The highest BCUT2D eigenvalue weighted by molar-refractivity contribution is 8.00. The summed E-state index contributed by atoms with van der Waals surface area (Å²) >= 11 is 2.92. The number of benzene rings is 5. The van der Waals surface area contributed by atoms with Crippen molar-refractivity contribution in [1.82, 2.24) is 9.80 Å². The number of fused-ring (bicyclic) bond motifs is 2. The second-order valence-corrected chi connectivity index (χ2v) is 17.7. The van der Waals surface area contributed by atoms with E-state index in [1.165, 1.54) is 47.8 Å². The van der Waals surface area contributed by atoms with E-state index in [0.29, 0.717) is 37.7 Å². The van der Waals surface area contributed by atoms with Crippen molar-refractivity contribution in [3.8, 4) is 11.5 Å². The lowest BCUT2D eigenvalue weighted by Crippen LogP contribution is -2.45. The van der Waals surface area contributed by atoms with Gasteiger partial charge in [-0.1, -0.05) is 48.5 Å². The molecule has 0 unspecified atom stereocenters. The largest absolute Gasteiger partial charge is 0.497 e. The van der Waals surface area contributed by atoms with Crippen molar-refractivity contribution in [3.63, 3.8) is 0 Å². The fourth-order valence-electron chi connectivity index (χ4n) is 7.23. The number of carbonyl (C=O) groups excluding carboxylic acids is 4. The molecule has 7 rings (SSSR count). The summed E-state index contributed by atoms with van der Waals surface area (Å²) in [5, 5.41) is -1.18. The molecule has 2 aliphatic rings. The Bertz CT molecular complexity index is 2210. The van der Waals surface area contributed by atoms with Gasteiger partial charge in [-0.2, -0.15) is 0 Å². The molecule has 0 fully saturated rings. The molecular formula is C48H50N4O8S2. The van der Waals surface area contributed by atoms with Gasteiger partial charge in [0.1, 0.15) is 11.5 Å². The van der Waals surface area contributed by atoms with Gasteiger partial charge >= 0.3 is 11.9 Å². The van der Waals surface area contributed by atoms with E-state index in [4.69, 9.17) is 18.9 Å². The Labute approximate surface area is 371 Å². The van der Waals surface area contributed by atoms with Gasteiger partial charge in [-0.3, -0.25) is 9.59 Å². The minimum Gasteiger partial charge on any atom is -0.497 e. The van der Waals surface area contributed by atoms with Gasteiger partial charge in [0.2, 0.25) is 0 Å². The molecule has 2 amide bonds. The zero-order valence-corrected chi connectivity index (χ0v) is 37.2. The molecule has 4 atom stereocenters. The minimum atomic E-state index is -1.20. The van der Waals surface area contributed by atoms with E-state index in [1.807, 2.05) is 135 Å².